The van der Waals surface area contributed by atoms with Crippen LogP contribution in [-0.4, -0.2) is 4.98 Å². The molecular weight excluding hydrogens is 114 g/mol. The predicted octanol–water partition coefficient (Wildman–Crippen LogP) is 2.02. The maximum absolute atomic E-state index is 4.95. The van der Waals surface area contributed by atoms with Crippen LogP contribution in [0.1, 0.15) is 18.4 Å². The highest BCUT2D eigenvalue weighted by Crippen LogP contribution is 2.05. The van der Waals surface area contributed by atoms with Crippen LogP contribution in [0.2, 0.25) is 0 Å². The van der Waals surface area contributed by atoms with E-state index in [2.05, 4.69) is 4.98 Å². The average Bonchev–Trinajstić information content (AvgIpc) is 2.18. The summed E-state index contributed by atoms with van der Waals surface area (Å²) in [7, 11) is 0. The van der Waals surface area contributed by atoms with Crippen LogP contribution < -0.4 is 0 Å². The highest BCUT2D eigenvalue weighted by Gasteiger charge is 1.94. The second kappa shape index (κ2) is 2.49. The minimum Gasteiger partial charge on any atom is -0.448 e. The quantitative estimate of drug-likeness (QED) is 0.571. The summed E-state index contributed by atoms with van der Waals surface area (Å²) in [6.07, 6.45) is 5.30. The zero-order valence-electron chi connectivity index (χ0n) is 5.59. The lowest BCUT2D eigenvalue weighted by molar-refractivity contribution is 0.526. The summed E-state index contributed by atoms with van der Waals surface area (Å²) >= 11 is 0. The Labute approximate surface area is 54.2 Å². The maximum atomic E-state index is 4.95. The Balaban J connectivity index is 2.94. The lowest BCUT2D eigenvalue weighted by Crippen LogP contribution is -1.71. The van der Waals surface area contributed by atoms with E-state index in [4.69, 9.17) is 4.42 Å². The summed E-state index contributed by atoms with van der Waals surface area (Å²) in [6, 6.07) is 0. The van der Waals surface area contributed by atoms with Gasteiger partial charge < -0.3 is 4.42 Å². The molecule has 0 unspecified atom stereocenters. The summed E-state index contributed by atoms with van der Waals surface area (Å²) < 4.78 is 4.95. The molecule has 0 bridgehead atoms. The molecule has 0 amide bonds. The molecule has 1 aromatic heterocycles. The number of hydrogen-bond acceptors (Lipinski definition) is 2. The summed E-state index contributed by atoms with van der Waals surface area (Å²) in [5.74, 6) is 0.869. The molecule has 1 aromatic rings. The Morgan fingerprint density at radius 3 is 2.89 bits per heavy atom. The molecule has 0 aliphatic rings. The zero-order valence-corrected chi connectivity index (χ0v) is 5.59. The molecule has 0 aromatic carbocycles. The summed E-state index contributed by atoms with van der Waals surface area (Å²) in [6.45, 7) is 3.84. The lowest BCUT2D eigenvalue weighted by Gasteiger charge is -1.81. The van der Waals surface area contributed by atoms with E-state index in [9.17, 15) is 0 Å². The number of aromatic nitrogens is 1. The van der Waals surface area contributed by atoms with E-state index in [-0.39, 0.29) is 0 Å². The van der Waals surface area contributed by atoms with Crippen LogP contribution >= 0.6 is 0 Å². The standard InChI is InChI=1S/C7H9NO/c1-3-4-7-6(2)9-5-8-7/h3-5H,1-2H3/b4-3-. The second-order valence-corrected chi connectivity index (χ2v) is 1.79. The summed E-state index contributed by atoms with van der Waals surface area (Å²) in [4.78, 5) is 3.95. The maximum Gasteiger partial charge on any atom is 0.181 e. The molecule has 0 atom stereocenters. The fourth-order valence-electron chi connectivity index (χ4n) is 0.632. The van der Waals surface area contributed by atoms with Crippen molar-refractivity contribution in [1.29, 1.82) is 0 Å². The van der Waals surface area contributed by atoms with Crippen LogP contribution in [0.15, 0.2) is 16.9 Å². The molecule has 0 radical (unpaired) electrons. The van der Waals surface area contributed by atoms with E-state index in [1.54, 1.807) is 0 Å². The Morgan fingerprint density at radius 1 is 1.67 bits per heavy atom. The first-order valence-corrected chi connectivity index (χ1v) is 2.87. The highest BCUT2D eigenvalue weighted by molar-refractivity contribution is 5.44. The minimum atomic E-state index is 0.869. The predicted molar refractivity (Wildman–Crippen MR) is 35.9 cm³/mol. The molecule has 48 valence electrons. The van der Waals surface area contributed by atoms with Gasteiger partial charge >= 0.3 is 0 Å². The molecular formula is C7H9NO. The number of hydrogen-bond donors (Lipinski definition) is 0. The van der Waals surface area contributed by atoms with Gasteiger partial charge in [0.15, 0.2) is 6.39 Å². The number of nitrogens with zero attached hydrogens (tertiary/aromatic N) is 1. The molecule has 0 fully saturated rings. The van der Waals surface area contributed by atoms with Crippen LogP contribution in [0.5, 0.6) is 0 Å². The van der Waals surface area contributed by atoms with E-state index >= 15 is 0 Å². The third kappa shape index (κ3) is 1.19. The van der Waals surface area contributed by atoms with Crippen molar-refractivity contribution < 1.29 is 4.42 Å². The summed E-state index contributed by atoms with van der Waals surface area (Å²) in [5, 5.41) is 0. The molecule has 1 rings (SSSR count). The normalized spacial score (nSPS) is 10.9. The molecule has 0 spiro atoms. The van der Waals surface area contributed by atoms with Crippen molar-refractivity contribution in [3.63, 3.8) is 0 Å². The number of rotatable bonds is 1. The fraction of sp³-hybridized carbons (Fsp3) is 0.286. The molecule has 1 heterocycles. The molecule has 0 N–H and O–H groups in total. The Hall–Kier alpha value is -1.05. The van der Waals surface area contributed by atoms with Crippen LogP contribution in [0.25, 0.3) is 6.08 Å². The topological polar surface area (TPSA) is 26.0 Å². The molecule has 0 saturated heterocycles. The van der Waals surface area contributed by atoms with Crippen molar-refractivity contribution >= 4 is 6.08 Å². The van der Waals surface area contributed by atoms with E-state index in [0.717, 1.165) is 11.5 Å². The van der Waals surface area contributed by atoms with Crippen molar-refractivity contribution in [3.05, 3.63) is 23.9 Å². The van der Waals surface area contributed by atoms with Gasteiger partial charge in [-0.15, -0.1) is 0 Å². The monoisotopic (exact) mass is 123 g/mol. The van der Waals surface area contributed by atoms with Crippen molar-refractivity contribution in [2.75, 3.05) is 0 Å². The first kappa shape index (κ1) is 6.08. The lowest BCUT2D eigenvalue weighted by atomic mass is 10.3. The highest BCUT2D eigenvalue weighted by atomic mass is 16.3. The Bertz CT molecular complexity index is 212. The number of oxazole rings is 1. The third-order valence-electron chi connectivity index (χ3n) is 1.11. The van der Waals surface area contributed by atoms with Crippen molar-refractivity contribution in [3.8, 4) is 0 Å². The molecule has 0 aliphatic heterocycles. The van der Waals surface area contributed by atoms with Crippen LogP contribution in [0, 0.1) is 6.92 Å². The second-order valence-electron chi connectivity index (χ2n) is 1.79. The fourth-order valence-corrected chi connectivity index (χ4v) is 0.632. The van der Waals surface area contributed by atoms with Gasteiger partial charge in [0.1, 0.15) is 11.5 Å². The van der Waals surface area contributed by atoms with Gasteiger partial charge in [0, 0.05) is 0 Å². The average molecular weight is 123 g/mol. The van der Waals surface area contributed by atoms with E-state index < -0.39 is 0 Å². The van der Waals surface area contributed by atoms with E-state index in [1.807, 2.05) is 26.0 Å². The van der Waals surface area contributed by atoms with Gasteiger partial charge in [-0.25, -0.2) is 4.98 Å². The molecule has 0 saturated carbocycles. The van der Waals surface area contributed by atoms with Crippen LogP contribution in [-0.2, 0) is 0 Å². The van der Waals surface area contributed by atoms with E-state index in [0.29, 0.717) is 0 Å². The molecule has 2 heteroatoms. The molecule has 9 heavy (non-hydrogen) atoms. The first-order chi connectivity index (χ1) is 4.34. The Kier molecular flexibility index (Phi) is 1.68. The minimum absolute atomic E-state index is 0.869. The number of allylic oxidation sites excluding steroid dienone is 1. The van der Waals surface area contributed by atoms with Crippen LogP contribution in [0.4, 0.5) is 0 Å². The van der Waals surface area contributed by atoms with Gasteiger partial charge in [0.05, 0.1) is 0 Å². The Morgan fingerprint density at radius 2 is 2.44 bits per heavy atom. The number of aryl methyl sites for hydroxylation is 1. The zero-order chi connectivity index (χ0) is 6.69. The van der Waals surface area contributed by atoms with Crippen molar-refractivity contribution in [2.24, 2.45) is 0 Å². The smallest absolute Gasteiger partial charge is 0.181 e. The van der Waals surface area contributed by atoms with Gasteiger partial charge in [-0.1, -0.05) is 6.08 Å². The van der Waals surface area contributed by atoms with Gasteiger partial charge in [-0.3, -0.25) is 0 Å². The third-order valence-corrected chi connectivity index (χ3v) is 1.11. The molecule has 2 nitrogen and oxygen atoms in total. The molecule has 0 aliphatic carbocycles. The van der Waals surface area contributed by atoms with Crippen LogP contribution in [0.3, 0.4) is 0 Å². The van der Waals surface area contributed by atoms with Gasteiger partial charge in [0.2, 0.25) is 0 Å². The van der Waals surface area contributed by atoms with E-state index in [1.165, 1.54) is 6.39 Å². The van der Waals surface area contributed by atoms with Gasteiger partial charge in [-0.05, 0) is 19.9 Å². The SMILES string of the molecule is C/C=C\c1ncoc1C. The summed E-state index contributed by atoms with van der Waals surface area (Å²) in [5.41, 5.74) is 0.914. The van der Waals surface area contributed by atoms with Crippen molar-refractivity contribution in [1.82, 2.24) is 4.98 Å². The first-order valence-electron chi connectivity index (χ1n) is 2.87. The van der Waals surface area contributed by atoms with Gasteiger partial charge in [-0.2, -0.15) is 0 Å². The largest absolute Gasteiger partial charge is 0.448 e. The van der Waals surface area contributed by atoms with Gasteiger partial charge in [0.25, 0.3) is 0 Å². The van der Waals surface area contributed by atoms with Crippen molar-refractivity contribution in [2.45, 2.75) is 13.8 Å².